The Kier molecular flexibility index (Phi) is 12.0. The highest BCUT2D eigenvalue weighted by Crippen LogP contribution is 2.32. The molecule has 2 aromatic rings. The Hall–Kier alpha value is -3.65. The fourth-order valence-electron chi connectivity index (χ4n) is 4.61. The van der Waals surface area contributed by atoms with E-state index in [1.807, 2.05) is 13.0 Å². The van der Waals surface area contributed by atoms with Crippen molar-refractivity contribution in [3.05, 3.63) is 93.7 Å². The minimum atomic E-state index is -0.989. The maximum absolute atomic E-state index is 13.7. The van der Waals surface area contributed by atoms with E-state index in [9.17, 15) is 14.0 Å². The van der Waals surface area contributed by atoms with Gasteiger partial charge in [0.2, 0.25) is 0 Å². The molecule has 0 spiro atoms. The van der Waals surface area contributed by atoms with Crippen LogP contribution in [0.15, 0.2) is 88.0 Å². The summed E-state index contributed by atoms with van der Waals surface area (Å²) in [5.41, 5.74) is 4.60. The predicted molar refractivity (Wildman–Crippen MR) is 167 cm³/mol. The van der Waals surface area contributed by atoms with Gasteiger partial charge in [0.25, 0.3) is 11.8 Å². The minimum absolute atomic E-state index is 0.181. The van der Waals surface area contributed by atoms with E-state index in [0.29, 0.717) is 41.5 Å². The number of aromatic nitrogens is 1. The fourth-order valence-corrected chi connectivity index (χ4v) is 5.63. The lowest BCUT2D eigenvalue weighted by Gasteiger charge is -2.19. The summed E-state index contributed by atoms with van der Waals surface area (Å²) in [4.78, 5) is 30.9. The van der Waals surface area contributed by atoms with Gasteiger partial charge in [-0.05, 0) is 97.7 Å². The molecule has 218 valence electrons. The van der Waals surface area contributed by atoms with Gasteiger partial charge >= 0.3 is 0 Å². The highest BCUT2D eigenvalue weighted by atomic mass is 32.2. The minimum Gasteiger partial charge on any atom is -0.457 e. The second-order valence-corrected chi connectivity index (χ2v) is 10.9. The van der Waals surface area contributed by atoms with Crippen LogP contribution in [-0.4, -0.2) is 36.3 Å². The Balaban J connectivity index is 1.80. The number of hydrogen-bond acceptors (Lipinski definition) is 5. The number of hydrogen-bond donors (Lipinski definition) is 2. The van der Waals surface area contributed by atoms with Gasteiger partial charge < -0.3 is 15.4 Å². The first kappa shape index (κ1) is 31.9. The molecule has 41 heavy (non-hydrogen) atoms. The number of allylic oxidation sites excluding steroid dienone is 7. The largest absolute Gasteiger partial charge is 0.457 e. The second-order valence-electron chi connectivity index (χ2n) is 10.1. The summed E-state index contributed by atoms with van der Waals surface area (Å²) in [7, 11) is 1.54. The maximum atomic E-state index is 13.7. The number of pyridine rings is 1. The summed E-state index contributed by atoms with van der Waals surface area (Å²) < 4.78 is 19.6. The Bertz CT molecular complexity index is 1360. The number of ether oxygens (including phenoxy) is 1. The highest BCUT2D eigenvalue weighted by molar-refractivity contribution is 8.02. The summed E-state index contributed by atoms with van der Waals surface area (Å²) >= 11 is 1.78. The SMILES string of the molecule is CCC(C)/C(SC)=C(\C)CC/C(C(=O)Nc1ccc(Oc2ccnc(C(=O)NC)c2)cc1)=C(\C)C1=CCC(F)C=C1. The summed E-state index contributed by atoms with van der Waals surface area (Å²) in [5, 5.41) is 5.57. The van der Waals surface area contributed by atoms with E-state index in [1.165, 1.54) is 16.7 Å². The summed E-state index contributed by atoms with van der Waals surface area (Å²) in [6.45, 7) is 8.51. The number of carbonyl (C=O) groups is 2. The summed E-state index contributed by atoms with van der Waals surface area (Å²) in [5.74, 6) is 1.02. The normalized spacial score (nSPS) is 16.7. The topological polar surface area (TPSA) is 80.3 Å². The number of nitrogens with zero attached hydrogens (tertiary/aromatic N) is 1. The van der Waals surface area contributed by atoms with Gasteiger partial charge in [-0.1, -0.05) is 31.6 Å². The molecular weight excluding hydrogens is 537 g/mol. The number of benzene rings is 1. The lowest BCUT2D eigenvalue weighted by molar-refractivity contribution is -0.113. The number of rotatable bonds is 12. The van der Waals surface area contributed by atoms with Crippen LogP contribution in [0.2, 0.25) is 0 Å². The molecule has 0 saturated heterocycles. The van der Waals surface area contributed by atoms with Crippen molar-refractivity contribution in [3.8, 4) is 11.5 Å². The Morgan fingerprint density at radius 3 is 2.49 bits per heavy atom. The van der Waals surface area contributed by atoms with Gasteiger partial charge in [-0.2, -0.15) is 0 Å². The standard InChI is InChI=1S/C33H40FN3O3S/c1-7-21(2)31(41-6)22(3)8-17-29(23(4)24-9-11-25(34)12-10-24)32(38)37-26-13-15-27(16-14-26)40-28-18-19-36-30(20-28)33(39)35-5/h9-11,13-16,18-21,25H,7-8,12,17H2,1-6H3,(H,35,39)(H,37,38)/b29-23-,31-22-. The Morgan fingerprint density at radius 2 is 1.88 bits per heavy atom. The zero-order valence-corrected chi connectivity index (χ0v) is 25.5. The molecular formula is C33H40FN3O3S. The lowest BCUT2D eigenvalue weighted by atomic mass is 9.92. The molecule has 0 radical (unpaired) electrons. The number of nitrogens with one attached hydrogen (secondary N) is 2. The fraction of sp³-hybridized carbons (Fsp3) is 0.364. The van der Waals surface area contributed by atoms with Gasteiger partial charge in [-0.15, -0.1) is 11.8 Å². The van der Waals surface area contributed by atoms with Crippen molar-refractivity contribution in [2.45, 2.75) is 59.5 Å². The average Bonchev–Trinajstić information content (AvgIpc) is 2.98. The first-order valence-corrected chi connectivity index (χ1v) is 15.1. The van der Waals surface area contributed by atoms with Gasteiger partial charge in [0.15, 0.2) is 0 Å². The first-order chi connectivity index (χ1) is 19.7. The molecule has 1 aliphatic carbocycles. The number of amides is 2. The van der Waals surface area contributed by atoms with Gasteiger partial charge in [0, 0.05) is 37.0 Å². The number of halogens is 1. The van der Waals surface area contributed by atoms with Crippen LogP contribution in [0.1, 0.15) is 63.9 Å². The first-order valence-electron chi connectivity index (χ1n) is 13.9. The van der Waals surface area contributed by atoms with Crippen molar-refractivity contribution in [2.24, 2.45) is 5.92 Å². The molecule has 2 unspecified atom stereocenters. The summed E-state index contributed by atoms with van der Waals surface area (Å²) in [6, 6.07) is 10.3. The quantitative estimate of drug-likeness (QED) is 0.249. The van der Waals surface area contributed by atoms with Gasteiger partial charge in [-0.3, -0.25) is 14.6 Å². The van der Waals surface area contributed by atoms with Crippen LogP contribution >= 0.6 is 11.8 Å². The molecule has 0 saturated carbocycles. The van der Waals surface area contributed by atoms with Crippen molar-refractivity contribution >= 4 is 29.3 Å². The average molecular weight is 578 g/mol. The van der Waals surface area contributed by atoms with Crippen LogP contribution < -0.4 is 15.4 Å². The molecule has 2 N–H and O–H groups in total. The van der Waals surface area contributed by atoms with Crippen LogP contribution in [0, 0.1) is 5.92 Å². The van der Waals surface area contributed by atoms with E-state index in [4.69, 9.17) is 4.74 Å². The molecule has 1 aliphatic rings. The molecule has 8 heteroatoms. The van der Waals surface area contributed by atoms with Gasteiger partial charge in [0.1, 0.15) is 23.4 Å². The maximum Gasteiger partial charge on any atom is 0.269 e. The number of thioether (sulfide) groups is 1. The third-order valence-electron chi connectivity index (χ3n) is 7.20. The number of anilines is 1. The Morgan fingerprint density at radius 1 is 1.15 bits per heavy atom. The molecule has 6 nitrogen and oxygen atoms in total. The third kappa shape index (κ3) is 8.92. The van der Waals surface area contributed by atoms with Crippen molar-refractivity contribution in [1.82, 2.24) is 10.3 Å². The lowest BCUT2D eigenvalue weighted by Crippen LogP contribution is -2.18. The monoisotopic (exact) mass is 577 g/mol. The van der Waals surface area contributed by atoms with Crippen LogP contribution in [-0.2, 0) is 4.79 Å². The molecule has 3 rings (SSSR count). The number of alkyl halides is 1. The molecule has 0 bridgehead atoms. The van der Waals surface area contributed by atoms with Crippen molar-refractivity contribution < 1.29 is 18.7 Å². The molecule has 1 aromatic heterocycles. The van der Waals surface area contributed by atoms with E-state index in [0.717, 1.165) is 24.0 Å². The van der Waals surface area contributed by atoms with E-state index >= 15 is 0 Å². The summed E-state index contributed by atoms with van der Waals surface area (Å²) in [6.07, 6.45) is 10.5. The van der Waals surface area contributed by atoms with E-state index in [-0.39, 0.29) is 17.5 Å². The molecule has 0 fully saturated rings. The van der Waals surface area contributed by atoms with Gasteiger partial charge in [0.05, 0.1) is 0 Å². The molecule has 0 aliphatic heterocycles. The van der Waals surface area contributed by atoms with Crippen molar-refractivity contribution in [1.29, 1.82) is 0 Å². The van der Waals surface area contributed by atoms with E-state index in [2.05, 4.69) is 42.6 Å². The molecule has 1 heterocycles. The van der Waals surface area contributed by atoms with Crippen LogP contribution in [0.4, 0.5) is 10.1 Å². The zero-order chi connectivity index (χ0) is 29.9. The van der Waals surface area contributed by atoms with Gasteiger partial charge in [-0.25, -0.2) is 4.39 Å². The molecule has 1 aromatic carbocycles. The Labute approximate surface area is 247 Å². The molecule has 2 amide bonds. The number of carbonyl (C=O) groups excluding carboxylic acids is 2. The van der Waals surface area contributed by atoms with Crippen molar-refractivity contribution in [2.75, 3.05) is 18.6 Å². The van der Waals surface area contributed by atoms with E-state index in [1.54, 1.807) is 67.4 Å². The third-order valence-corrected chi connectivity index (χ3v) is 8.39. The van der Waals surface area contributed by atoms with Crippen LogP contribution in [0.3, 0.4) is 0 Å². The van der Waals surface area contributed by atoms with E-state index < -0.39 is 6.17 Å². The van der Waals surface area contributed by atoms with Crippen molar-refractivity contribution in [3.63, 3.8) is 0 Å². The smallest absolute Gasteiger partial charge is 0.269 e. The van der Waals surface area contributed by atoms with Crippen LogP contribution in [0.25, 0.3) is 0 Å². The highest BCUT2D eigenvalue weighted by Gasteiger charge is 2.19. The second kappa shape index (κ2) is 15.4. The van der Waals surface area contributed by atoms with Crippen LogP contribution in [0.5, 0.6) is 11.5 Å². The predicted octanol–water partition coefficient (Wildman–Crippen LogP) is 8.18. The molecule has 2 atom stereocenters. The zero-order valence-electron chi connectivity index (χ0n) is 24.7.